The Morgan fingerprint density at radius 2 is 2.19 bits per heavy atom. The van der Waals surface area contributed by atoms with Crippen LogP contribution in [0.2, 0.25) is 0 Å². The van der Waals surface area contributed by atoms with Gasteiger partial charge in [-0.25, -0.2) is 0 Å². The molecule has 0 saturated carbocycles. The van der Waals surface area contributed by atoms with Crippen LogP contribution < -0.4 is 5.32 Å². The SMILES string of the molecule is CC(C)NC(=O)c1cc2c(s1)CCOC21CCN(CCC2CCOC2)CC1. The maximum absolute atomic E-state index is 12.4. The fourth-order valence-corrected chi connectivity index (χ4v) is 5.72. The molecule has 4 heterocycles. The van der Waals surface area contributed by atoms with Gasteiger partial charge in [0.2, 0.25) is 0 Å². The fraction of sp³-hybridized carbons (Fsp3) is 0.762. The molecular formula is C21H32N2O3S. The minimum atomic E-state index is -0.173. The number of fused-ring (bicyclic) bond motifs is 2. The summed E-state index contributed by atoms with van der Waals surface area (Å²) in [6, 6.07) is 2.28. The Bertz CT molecular complexity index is 658. The molecule has 0 radical (unpaired) electrons. The normalized spacial score (nSPS) is 25.1. The van der Waals surface area contributed by atoms with E-state index in [0.717, 1.165) is 63.0 Å². The second-order valence-electron chi connectivity index (χ2n) is 8.53. The van der Waals surface area contributed by atoms with Gasteiger partial charge in [0.25, 0.3) is 5.91 Å². The third-order valence-electron chi connectivity index (χ3n) is 6.19. The van der Waals surface area contributed by atoms with Crippen molar-refractivity contribution in [2.24, 2.45) is 5.92 Å². The summed E-state index contributed by atoms with van der Waals surface area (Å²) in [4.78, 5) is 17.2. The van der Waals surface area contributed by atoms with Crippen LogP contribution in [-0.4, -0.2) is 56.3 Å². The largest absolute Gasteiger partial charge is 0.381 e. The van der Waals surface area contributed by atoms with Crippen LogP contribution in [0.1, 0.15) is 59.6 Å². The summed E-state index contributed by atoms with van der Waals surface area (Å²) in [6.45, 7) is 10.00. The van der Waals surface area contributed by atoms with Gasteiger partial charge in [-0.1, -0.05) is 0 Å². The third kappa shape index (κ3) is 4.24. The first kappa shape index (κ1) is 19.4. The van der Waals surface area contributed by atoms with E-state index in [-0.39, 0.29) is 17.6 Å². The average Bonchev–Trinajstić information content (AvgIpc) is 3.31. The van der Waals surface area contributed by atoms with E-state index in [4.69, 9.17) is 9.47 Å². The highest BCUT2D eigenvalue weighted by molar-refractivity contribution is 7.14. The molecular weight excluding hydrogens is 360 g/mol. The van der Waals surface area contributed by atoms with E-state index in [2.05, 4.69) is 16.3 Å². The monoisotopic (exact) mass is 392 g/mol. The number of hydrogen-bond acceptors (Lipinski definition) is 5. The number of ether oxygens (including phenoxy) is 2. The van der Waals surface area contributed by atoms with Crippen LogP contribution in [0.4, 0.5) is 0 Å². The molecule has 4 rings (SSSR count). The van der Waals surface area contributed by atoms with Gasteiger partial charge in [0, 0.05) is 43.6 Å². The van der Waals surface area contributed by atoms with Gasteiger partial charge in [0.15, 0.2) is 0 Å². The van der Waals surface area contributed by atoms with Crippen molar-refractivity contribution in [3.05, 3.63) is 21.4 Å². The Labute approximate surface area is 166 Å². The van der Waals surface area contributed by atoms with Gasteiger partial charge in [-0.2, -0.15) is 0 Å². The van der Waals surface area contributed by atoms with Crippen LogP contribution in [0.15, 0.2) is 6.07 Å². The first-order valence-electron chi connectivity index (χ1n) is 10.4. The number of amides is 1. The Morgan fingerprint density at radius 3 is 2.89 bits per heavy atom. The van der Waals surface area contributed by atoms with Crippen molar-refractivity contribution in [2.45, 2.75) is 57.6 Å². The van der Waals surface area contributed by atoms with E-state index in [9.17, 15) is 4.79 Å². The number of piperidine rings is 1. The Balaban J connectivity index is 1.40. The summed E-state index contributed by atoms with van der Waals surface area (Å²) >= 11 is 1.66. The van der Waals surface area contributed by atoms with Gasteiger partial charge in [0.05, 0.1) is 17.1 Å². The zero-order chi connectivity index (χ0) is 18.9. The standard InChI is InChI=1S/C21H32N2O3S/c1-15(2)22-20(24)19-13-17-18(27-19)5-12-26-21(17)6-9-23(10-7-21)8-3-16-4-11-25-14-16/h13,15-16H,3-12,14H2,1-2H3,(H,22,24). The molecule has 5 nitrogen and oxygen atoms in total. The number of carbonyl (C=O) groups excluding carboxylic acids is 1. The van der Waals surface area contributed by atoms with E-state index in [1.165, 1.54) is 29.8 Å². The first-order chi connectivity index (χ1) is 13.1. The Morgan fingerprint density at radius 1 is 1.37 bits per heavy atom. The van der Waals surface area contributed by atoms with Crippen LogP contribution in [0, 0.1) is 5.92 Å². The number of hydrogen-bond donors (Lipinski definition) is 1. The zero-order valence-electron chi connectivity index (χ0n) is 16.6. The lowest BCUT2D eigenvalue weighted by molar-refractivity contribution is -0.0974. The first-order valence-corrected chi connectivity index (χ1v) is 11.3. The van der Waals surface area contributed by atoms with Gasteiger partial charge < -0.3 is 19.7 Å². The van der Waals surface area contributed by atoms with Crippen molar-refractivity contribution in [3.63, 3.8) is 0 Å². The van der Waals surface area contributed by atoms with Crippen molar-refractivity contribution in [1.29, 1.82) is 0 Å². The lowest BCUT2D eigenvalue weighted by atomic mass is 9.82. The van der Waals surface area contributed by atoms with Crippen LogP contribution >= 0.6 is 11.3 Å². The quantitative estimate of drug-likeness (QED) is 0.836. The number of likely N-dealkylation sites (tertiary alicyclic amines) is 1. The second kappa shape index (κ2) is 8.19. The van der Waals surface area contributed by atoms with Crippen molar-refractivity contribution in [2.75, 3.05) is 39.5 Å². The average molecular weight is 393 g/mol. The van der Waals surface area contributed by atoms with Crippen molar-refractivity contribution in [3.8, 4) is 0 Å². The molecule has 2 fully saturated rings. The molecule has 1 aromatic rings. The molecule has 1 spiro atoms. The van der Waals surface area contributed by atoms with Crippen LogP contribution in [-0.2, 0) is 21.5 Å². The van der Waals surface area contributed by atoms with E-state index < -0.39 is 0 Å². The van der Waals surface area contributed by atoms with Crippen molar-refractivity contribution >= 4 is 17.2 Å². The Kier molecular flexibility index (Phi) is 5.88. The number of rotatable bonds is 5. The molecule has 1 N–H and O–H groups in total. The van der Waals surface area contributed by atoms with Gasteiger partial charge in [-0.3, -0.25) is 4.79 Å². The summed E-state index contributed by atoms with van der Waals surface area (Å²) in [7, 11) is 0. The molecule has 2 saturated heterocycles. The summed E-state index contributed by atoms with van der Waals surface area (Å²) in [5.41, 5.74) is 1.12. The highest BCUT2D eigenvalue weighted by Crippen LogP contribution is 2.44. The molecule has 1 unspecified atom stereocenters. The van der Waals surface area contributed by atoms with Gasteiger partial charge >= 0.3 is 0 Å². The number of nitrogens with zero attached hydrogens (tertiary/aromatic N) is 1. The van der Waals surface area contributed by atoms with E-state index in [1.54, 1.807) is 11.3 Å². The smallest absolute Gasteiger partial charge is 0.261 e. The third-order valence-corrected chi connectivity index (χ3v) is 7.39. The highest BCUT2D eigenvalue weighted by Gasteiger charge is 2.42. The summed E-state index contributed by atoms with van der Waals surface area (Å²) in [6.07, 6.45) is 5.46. The van der Waals surface area contributed by atoms with Gasteiger partial charge in [0.1, 0.15) is 0 Å². The van der Waals surface area contributed by atoms with Crippen LogP contribution in [0.5, 0.6) is 0 Å². The number of nitrogens with one attached hydrogen (secondary N) is 1. The number of thiophene rings is 1. The van der Waals surface area contributed by atoms with E-state index in [1.807, 2.05) is 13.8 Å². The lowest BCUT2D eigenvalue weighted by Gasteiger charge is -2.44. The maximum atomic E-state index is 12.4. The molecule has 150 valence electrons. The summed E-state index contributed by atoms with van der Waals surface area (Å²) < 4.78 is 11.9. The molecule has 1 atom stereocenters. The molecule has 6 heteroatoms. The van der Waals surface area contributed by atoms with E-state index >= 15 is 0 Å². The van der Waals surface area contributed by atoms with Crippen LogP contribution in [0.3, 0.4) is 0 Å². The molecule has 0 bridgehead atoms. The molecule has 27 heavy (non-hydrogen) atoms. The molecule has 3 aliphatic heterocycles. The highest BCUT2D eigenvalue weighted by atomic mass is 32.1. The van der Waals surface area contributed by atoms with Crippen molar-refractivity contribution in [1.82, 2.24) is 10.2 Å². The lowest BCUT2D eigenvalue weighted by Crippen LogP contribution is -2.46. The van der Waals surface area contributed by atoms with Gasteiger partial charge in [-0.15, -0.1) is 11.3 Å². The molecule has 0 aromatic carbocycles. The Hall–Kier alpha value is -0.950. The second-order valence-corrected chi connectivity index (χ2v) is 9.67. The van der Waals surface area contributed by atoms with Gasteiger partial charge in [-0.05, 0) is 63.6 Å². The topological polar surface area (TPSA) is 50.8 Å². The van der Waals surface area contributed by atoms with Crippen molar-refractivity contribution < 1.29 is 14.3 Å². The van der Waals surface area contributed by atoms with E-state index in [0.29, 0.717) is 0 Å². The molecule has 1 amide bonds. The molecule has 1 aromatic heterocycles. The zero-order valence-corrected chi connectivity index (χ0v) is 17.4. The maximum Gasteiger partial charge on any atom is 0.261 e. The summed E-state index contributed by atoms with van der Waals surface area (Å²) in [5.74, 6) is 0.799. The fourth-order valence-electron chi connectivity index (χ4n) is 4.59. The predicted octanol–water partition coefficient (Wildman–Crippen LogP) is 3.18. The molecule has 0 aliphatic carbocycles. The van der Waals surface area contributed by atoms with Crippen LogP contribution in [0.25, 0.3) is 0 Å². The minimum absolute atomic E-state index is 0.0516. The summed E-state index contributed by atoms with van der Waals surface area (Å²) in [5, 5.41) is 3.02. The number of carbonyl (C=O) groups is 1. The minimum Gasteiger partial charge on any atom is -0.381 e. The molecule has 3 aliphatic rings. The predicted molar refractivity (Wildman–Crippen MR) is 107 cm³/mol.